The van der Waals surface area contributed by atoms with Crippen LogP contribution >= 0.6 is 9.24 Å². The van der Waals surface area contributed by atoms with Crippen LogP contribution in [0.1, 0.15) is 51.5 Å². The Balaban J connectivity index is 1.78. The molecule has 0 saturated carbocycles. The maximum atomic E-state index is 13.2. The van der Waals surface area contributed by atoms with E-state index in [1.807, 2.05) is 18.1 Å². The van der Waals surface area contributed by atoms with Crippen LogP contribution in [0, 0.1) is 0 Å². The van der Waals surface area contributed by atoms with Gasteiger partial charge in [-0.3, -0.25) is 9.99 Å². The second-order valence-corrected chi connectivity index (χ2v) is 8.39. The van der Waals surface area contributed by atoms with E-state index in [1.54, 1.807) is 17.3 Å². The third-order valence-electron chi connectivity index (χ3n) is 5.57. The molecule has 2 aliphatic heterocycles. The minimum atomic E-state index is -2.34. The van der Waals surface area contributed by atoms with Crippen LogP contribution in [0.5, 0.6) is 0 Å². The summed E-state index contributed by atoms with van der Waals surface area (Å²) in [5.41, 5.74) is 4.04. The number of aliphatic imine (C=N–C) groups is 1. The molecule has 1 aromatic heterocycles. The first kappa shape index (κ1) is 22.5. The van der Waals surface area contributed by atoms with E-state index in [9.17, 15) is 8.78 Å². The monoisotopic (exact) mass is 433 g/mol. The number of aromatic nitrogens is 1. The fourth-order valence-electron chi connectivity index (χ4n) is 3.87. The van der Waals surface area contributed by atoms with Gasteiger partial charge in [0.05, 0.1) is 18.3 Å². The molecule has 0 bridgehead atoms. The average molecular weight is 433 g/mol. The van der Waals surface area contributed by atoms with Gasteiger partial charge in [-0.05, 0) is 61.5 Å². The van der Waals surface area contributed by atoms with Gasteiger partial charge in [-0.15, -0.1) is 9.24 Å². The van der Waals surface area contributed by atoms with Gasteiger partial charge in [0.2, 0.25) is 0 Å². The van der Waals surface area contributed by atoms with Gasteiger partial charge in [0, 0.05) is 30.8 Å². The first-order chi connectivity index (χ1) is 14.4. The lowest BCUT2D eigenvalue weighted by molar-refractivity contribution is 0.0741. The number of hydrogen-bond acceptors (Lipinski definition) is 4. The van der Waals surface area contributed by atoms with Crippen molar-refractivity contribution >= 4 is 26.1 Å². The van der Waals surface area contributed by atoms with E-state index in [1.165, 1.54) is 0 Å². The highest BCUT2D eigenvalue weighted by Crippen LogP contribution is 2.25. The molecule has 0 N–H and O–H groups in total. The van der Waals surface area contributed by atoms with Crippen molar-refractivity contribution in [3.8, 4) is 0 Å². The molecule has 2 atom stereocenters. The summed E-state index contributed by atoms with van der Waals surface area (Å²) < 4.78 is 26.5. The van der Waals surface area contributed by atoms with Crippen LogP contribution in [0.3, 0.4) is 0 Å². The van der Waals surface area contributed by atoms with E-state index in [0.717, 1.165) is 53.5 Å². The minimum Gasteiger partial charge on any atom is -0.352 e. The van der Waals surface area contributed by atoms with Crippen LogP contribution in [0.25, 0.3) is 0 Å². The molecule has 8 heteroatoms. The summed E-state index contributed by atoms with van der Waals surface area (Å²) >= 11 is 0. The molecule has 162 valence electrons. The van der Waals surface area contributed by atoms with Crippen LogP contribution in [-0.4, -0.2) is 45.5 Å². The number of amidine groups is 1. The smallest absolute Gasteiger partial charge is 0.258 e. The molecule has 0 amide bonds. The Hall–Kier alpha value is -2.14. The molecule has 0 radical (unpaired) electrons. The number of alkyl halides is 2. The normalized spacial score (nSPS) is 20.9. The van der Waals surface area contributed by atoms with Crippen molar-refractivity contribution in [2.45, 2.75) is 65.0 Å². The van der Waals surface area contributed by atoms with Gasteiger partial charge < -0.3 is 4.90 Å². The number of nitrogens with zero attached hydrogens (tertiary/aromatic N) is 5. The Bertz CT molecular complexity index is 865. The zero-order chi connectivity index (χ0) is 21.7. The zero-order valence-electron chi connectivity index (χ0n) is 17.7. The van der Waals surface area contributed by atoms with Crippen molar-refractivity contribution in [2.24, 2.45) is 10.1 Å². The van der Waals surface area contributed by atoms with Crippen molar-refractivity contribution in [3.05, 3.63) is 48.1 Å². The maximum Gasteiger partial charge on any atom is 0.258 e. The molecule has 1 fully saturated rings. The Morgan fingerprint density at radius 1 is 1.40 bits per heavy atom. The molecular formula is C22H30F2N5P. The molecule has 2 aliphatic rings. The summed E-state index contributed by atoms with van der Waals surface area (Å²) in [5.74, 6) is 0.643. The summed E-state index contributed by atoms with van der Waals surface area (Å²) in [7, 11) is 2.66. The van der Waals surface area contributed by atoms with Gasteiger partial charge in [-0.2, -0.15) is 5.10 Å². The van der Waals surface area contributed by atoms with E-state index in [0.29, 0.717) is 25.3 Å². The van der Waals surface area contributed by atoms with Crippen LogP contribution < -0.4 is 5.30 Å². The van der Waals surface area contributed by atoms with Crippen molar-refractivity contribution in [2.75, 3.05) is 6.54 Å². The fourth-order valence-corrected chi connectivity index (χ4v) is 4.17. The molecule has 30 heavy (non-hydrogen) atoms. The van der Waals surface area contributed by atoms with Gasteiger partial charge in [-0.25, -0.2) is 13.8 Å². The van der Waals surface area contributed by atoms with Crippen LogP contribution in [-0.2, 0) is 6.54 Å². The second kappa shape index (κ2) is 10.3. The third kappa shape index (κ3) is 5.51. The lowest BCUT2D eigenvalue weighted by Crippen LogP contribution is -2.38. The lowest BCUT2D eigenvalue weighted by atomic mass is 10.0. The predicted octanol–water partition coefficient (Wildman–Crippen LogP) is 4.49. The highest BCUT2D eigenvalue weighted by atomic mass is 31.0. The molecule has 0 aliphatic carbocycles. The number of pyridine rings is 1. The first-order valence-electron chi connectivity index (χ1n) is 10.4. The van der Waals surface area contributed by atoms with Crippen molar-refractivity contribution < 1.29 is 8.78 Å². The number of halogens is 2. The molecule has 0 aromatic carbocycles. The largest absolute Gasteiger partial charge is 0.352 e. The third-order valence-corrected chi connectivity index (χ3v) is 5.89. The van der Waals surface area contributed by atoms with Crippen LogP contribution in [0.15, 0.2) is 52.6 Å². The molecule has 1 saturated heterocycles. The number of allylic oxidation sites excluding steroid dienone is 2. The second-order valence-electron chi connectivity index (χ2n) is 7.72. The lowest BCUT2D eigenvalue weighted by Gasteiger charge is -2.28. The number of likely N-dealkylation sites (tertiary alicyclic amines) is 1. The summed E-state index contributed by atoms with van der Waals surface area (Å²) in [6, 6.07) is 1.34. The summed E-state index contributed by atoms with van der Waals surface area (Å²) in [6.07, 6.45) is 6.79. The highest BCUT2D eigenvalue weighted by molar-refractivity contribution is 7.27. The zero-order valence-corrected chi connectivity index (χ0v) is 18.8. The number of hydrogen-bond donors (Lipinski definition) is 0. The standard InChI is InChI=1S/C22H30F2N5P/c1-4-18(12-26-16(3)28-9-5-6-21(28)22(23)24)20-8-7-15(2)29(27-20)14-17-10-19(30)13-25-11-17/h10-13,21-22H,2,4-9,14,30H2,1,3H3/b18-12+,26-16?. The Labute approximate surface area is 179 Å². The molecule has 5 nitrogen and oxygen atoms in total. The van der Waals surface area contributed by atoms with Gasteiger partial charge in [0.25, 0.3) is 6.43 Å². The Kier molecular flexibility index (Phi) is 7.70. The molecule has 1 aromatic rings. The van der Waals surface area contributed by atoms with E-state index < -0.39 is 12.5 Å². The fraction of sp³-hybridized carbons (Fsp3) is 0.500. The predicted molar refractivity (Wildman–Crippen MR) is 122 cm³/mol. The SMILES string of the molecule is C=C1CCC(/C(=C/N=C(C)N2CCCC2C(F)F)CC)=NN1Cc1cncc(P)c1. The summed E-state index contributed by atoms with van der Waals surface area (Å²) in [5, 5.41) is 7.78. The van der Waals surface area contributed by atoms with Crippen molar-refractivity contribution in [1.29, 1.82) is 0 Å². The van der Waals surface area contributed by atoms with E-state index in [4.69, 9.17) is 5.10 Å². The maximum absolute atomic E-state index is 13.2. The van der Waals surface area contributed by atoms with Crippen molar-refractivity contribution in [3.63, 3.8) is 0 Å². The summed E-state index contributed by atoms with van der Waals surface area (Å²) in [6.45, 7) is 9.27. The first-order valence-corrected chi connectivity index (χ1v) is 11.0. The van der Waals surface area contributed by atoms with Crippen LogP contribution in [0.2, 0.25) is 0 Å². The van der Waals surface area contributed by atoms with Crippen LogP contribution in [0.4, 0.5) is 8.78 Å². The van der Waals surface area contributed by atoms with Gasteiger partial charge >= 0.3 is 0 Å². The molecule has 0 spiro atoms. The topological polar surface area (TPSA) is 44.1 Å². The van der Waals surface area contributed by atoms with Gasteiger partial charge in [-0.1, -0.05) is 13.5 Å². The van der Waals surface area contributed by atoms with Gasteiger partial charge in [0.15, 0.2) is 0 Å². The highest BCUT2D eigenvalue weighted by Gasteiger charge is 2.32. The molecule has 3 rings (SSSR count). The number of rotatable bonds is 6. The quantitative estimate of drug-likeness (QED) is 0.377. The van der Waals surface area contributed by atoms with E-state index >= 15 is 0 Å². The average Bonchev–Trinajstić information content (AvgIpc) is 3.21. The minimum absolute atomic E-state index is 0.519. The molecule has 2 unspecified atom stereocenters. The summed E-state index contributed by atoms with van der Waals surface area (Å²) in [4.78, 5) is 10.5. The number of hydrazone groups is 1. The van der Waals surface area contributed by atoms with E-state index in [-0.39, 0.29) is 0 Å². The molecule has 3 heterocycles. The van der Waals surface area contributed by atoms with Gasteiger partial charge in [0.1, 0.15) is 5.84 Å². The molecular weight excluding hydrogens is 403 g/mol. The Morgan fingerprint density at radius 2 is 2.20 bits per heavy atom. The van der Waals surface area contributed by atoms with E-state index in [2.05, 4.69) is 38.8 Å². The Morgan fingerprint density at radius 3 is 2.90 bits per heavy atom. The van der Waals surface area contributed by atoms with Crippen molar-refractivity contribution in [1.82, 2.24) is 14.9 Å².